The fourth-order valence-corrected chi connectivity index (χ4v) is 3.69. The molecule has 0 saturated carbocycles. The predicted molar refractivity (Wildman–Crippen MR) is 120 cm³/mol. The minimum absolute atomic E-state index is 0.358. The Morgan fingerprint density at radius 3 is 2.32 bits per heavy atom. The van der Waals surface area contributed by atoms with Crippen molar-refractivity contribution in [1.29, 1.82) is 0 Å². The van der Waals surface area contributed by atoms with Crippen LogP contribution in [0.15, 0.2) is 72.9 Å². The first-order valence-electron chi connectivity index (χ1n) is 11.0. The van der Waals surface area contributed by atoms with E-state index >= 15 is 0 Å². The van der Waals surface area contributed by atoms with Crippen LogP contribution in [0.5, 0.6) is 0 Å². The number of aromatic nitrogens is 1. The molecule has 4 aromatic rings. The zero-order chi connectivity index (χ0) is 22.3. The standard InChI is InChI=1S/C26H27N2/c1-18-8-6-7-9-24(18)26-16-25(19(2)17-28(26)5)22-11-10-21-15-23(27(3)4)13-12-20(21)14-22/h6-17H,1-5H3/q+1/i2D3. The van der Waals surface area contributed by atoms with E-state index in [9.17, 15) is 0 Å². The van der Waals surface area contributed by atoms with Gasteiger partial charge in [-0.15, -0.1) is 0 Å². The molecule has 2 nitrogen and oxygen atoms in total. The summed E-state index contributed by atoms with van der Waals surface area (Å²) in [5.41, 5.74) is 6.39. The summed E-state index contributed by atoms with van der Waals surface area (Å²) in [5, 5.41) is 2.22. The molecule has 0 N–H and O–H groups in total. The molecular weight excluding hydrogens is 340 g/mol. The van der Waals surface area contributed by atoms with Gasteiger partial charge in [0.15, 0.2) is 6.20 Å². The average molecular weight is 371 g/mol. The Morgan fingerprint density at radius 2 is 1.57 bits per heavy atom. The van der Waals surface area contributed by atoms with Crippen molar-refractivity contribution in [2.75, 3.05) is 19.0 Å². The first kappa shape index (κ1) is 14.9. The second-order valence-electron chi connectivity index (χ2n) is 7.55. The predicted octanol–water partition coefficient (Wildman–Crippen LogP) is 5.68. The van der Waals surface area contributed by atoms with E-state index in [1.54, 1.807) is 6.20 Å². The largest absolute Gasteiger partial charge is 0.378 e. The first-order valence-corrected chi connectivity index (χ1v) is 9.47. The van der Waals surface area contributed by atoms with Crippen LogP contribution in [-0.4, -0.2) is 14.1 Å². The summed E-state index contributed by atoms with van der Waals surface area (Å²) in [7, 11) is 5.95. The van der Waals surface area contributed by atoms with Gasteiger partial charge >= 0.3 is 0 Å². The Morgan fingerprint density at radius 1 is 0.821 bits per heavy atom. The number of benzene rings is 3. The number of anilines is 1. The van der Waals surface area contributed by atoms with Crippen LogP contribution in [-0.2, 0) is 7.05 Å². The summed E-state index contributed by atoms with van der Waals surface area (Å²) >= 11 is 0. The Kier molecular flexibility index (Phi) is 3.78. The molecule has 0 spiro atoms. The van der Waals surface area contributed by atoms with E-state index in [0.29, 0.717) is 5.56 Å². The lowest BCUT2D eigenvalue weighted by Crippen LogP contribution is -2.31. The molecule has 0 amide bonds. The molecule has 0 aliphatic rings. The van der Waals surface area contributed by atoms with E-state index in [2.05, 4.69) is 54.3 Å². The summed E-state index contributed by atoms with van der Waals surface area (Å²) in [6.45, 7) is -0.133. The molecule has 0 unspecified atom stereocenters. The van der Waals surface area contributed by atoms with Crippen molar-refractivity contribution >= 4 is 16.5 Å². The first-order chi connectivity index (χ1) is 14.6. The highest BCUT2D eigenvalue weighted by molar-refractivity contribution is 5.90. The lowest BCUT2D eigenvalue weighted by Gasteiger charge is -2.14. The van der Waals surface area contributed by atoms with Crippen LogP contribution >= 0.6 is 0 Å². The van der Waals surface area contributed by atoms with Crippen molar-refractivity contribution < 1.29 is 8.68 Å². The van der Waals surface area contributed by atoms with Gasteiger partial charge in [0.25, 0.3) is 0 Å². The summed E-state index contributed by atoms with van der Waals surface area (Å²) < 4.78 is 26.3. The van der Waals surface area contributed by atoms with Gasteiger partial charge in [-0.05, 0) is 65.5 Å². The molecule has 0 aliphatic heterocycles. The van der Waals surface area contributed by atoms with Crippen LogP contribution in [0.4, 0.5) is 5.69 Å². The fourth-order valence-electron chi connectivity index (χ4n) is 3.69. The van der Waals surface area contributed by atoms with Crippen molar-refractivity contribution in [2.45, 2.75) is 13.8 Å². The minimum atomic E-state index is -2.21. The number of hydrogen-bond donors (Lipinski definition) is 0. The second kappa shape index (κ2) is 7.12. The quantitative estimate of drug-likeness (QED) is 0.421. The zero-order valence-corrected chi connectivity index (χ0v) is 16.8. The third-order valence-corrected chi connectivity index (χ3v) is 5.35. The van der Waals surface area contributed by atoms with Gasteiger partial charge in [-0.3, -0.25) is 0 Å². The van der Waals surface area contributed by atoms with Crippen molar-refractivity contribution in [3.05, 3.63) is 84.1 Å². The number of nitrogens with zero attached hydrogens (tertiary/aromatic N) is 2. The zero-order valence-electron chi connectivity index (χ0n) is 19.8. The highest BCUT2D eigenvalue weighted by Gasteiger charge is 2.16. The molecule has 0 atom stereocenters. The average Bonchev–Trinajstić information content (AvgIpc) is 2.72. The Hall–Kier alpha value is -3.13. The van der Waals surface area contributed by atoms with Crippen molar-refractivity contribution in [3.8, 4) is 22.4 Å². The summed E-state index contributed by atoms with van der Waals surface area (Å²) in [6.07, 6.45) is 1.75. The maximum absolute atomic E-state index is 8.13. The molecular formula is C26H27N2+. The lowest BCUT2D eigenvalue weighted by molar-refractivity contribution is -0.660. The van der Waals surface area contributed by atoms with Gasteiger partial charge in [-0.25, -0.2) is 4.57 Å². The van der Waals surface area contributed by atoms with Crippen LogP contribution in [0.1, 0.15) is 15.2 Å². The van der Waals surface area contributed by atoms with Crippen LogP contribution < -0.4 is 9.47 Å². The molecule has 140 valence electrons. The molecule has 0 saturated heterocycles. The Balaban J connectivity index is 1.95. The van der Waals surface area contributed by atoms with Gasteiger partial charge < -0.3 is 4.90 Å². The SMILES string of the molecule is [2H]C([2H])([2H])c1c[n+](C)c(-c2ccccc2C)cc1-c1ccc2cc(N(C)C)ccc2c1. The van der Waals surface area contributed by atoms with Crippen molar-refractivity contribution in [2.24, 2.45) is 7.05 Å². The normalized spacial score (nSPS) is 13.1. The van der Waals surface area contributed by atoms with Crippen LogP contribution in [0, 0.1) is 13.8 Å². The smallest absolute Gasteiger partial charge is 0.213 e. The second-order valence-corrected chi connectivity index (χ2v) is 7.55. The molecule has 0 aliphatic carbocycles. The third-order valence-electron chi connectivity index (χ3n) is 5.35. The van der Waals surface area contributed by atoms with Gasteiger partial charge in [0, 0.05) is 41.1 Å². The molecule has 0 fully saturated rings. The maximum Gasteiger partial charge on any atom is 0.213 e. The molecule has 28 heavy (non-hydrogen) atoms. The van der Waals surface area contributed by atoms with E-state index in [-0.39, 0.29) is 0 Å². The molecule has 1 heterocycles. The van der Waals surface area contributed by atoms with E-state index in [0.717, 1.165) is 44.4 Å². The number of hydrogen-bond acceptors (Lipinski definition) is 1. The Bertz CT molecular complexity index is 1270. The number of aryl methyl sites for hydroxylation is 3. The summed E-state index contributed by atoms with van der Waals surface area (Å²) in [4.78, 5) is 2.08. The van der Waals surface area contributed by atoms with Crippen LogP contribution in [0.3, 0.4) is 0 Å². The molecule has 3 aromatic carbocycles. The van der Waals surface area contributed by atoms with E-state index in [1.807, 2.05) is 50.0 Å². The van der Waals surface area contributed by atoms with Gasteiger partial charge in [0.2, 0.25) is 5.69 Å². The van der Waals surface area contributed by atoms with Gasteiger partial charge in [0.1, 0.15) is 7.05 Å². The highest BCUT2D eigenvalue weighted by atomic mass is 15.1. The van der Waals surface area contributed by atoms with E-state index in [4.69, 9.17) is 4.11 Å². The van der Waals surface area contributed by atoms with Crippen molar-refractivity contribution in [1.82, 2.24) is 0 Å². The fraction of sp³-hybridized carbons (Fsp3) is 0.192. The lowest BCUT2D eigenvalue weighted by atomic mass is 9.95. The molecule has 4 rings (SSSR count). The topological polar surface area (TPSA) is 7.12 Å². The highest BCUT2D eigenvalue weighted by Crippen LogP contribution is 2.31. The molecule has 2 heteroatoms. The van der Waals surface area contributed by atoms with Crippen LogP contribution in [0.2, 0.25) is 0 Å². The van der Waals surface area contributed by atoms with Gasteiger partial charge in [-0.2, -0.15) is 0 Å². The number of rotatable bonds is 3. The number of fused-ring (bicyclic) bond motifs is 1. The Labute approximate surface area is 171 Å². The van der Waals surface area contributed by atoms with E-state index < -0.39 is 6.85 Å². The molecule has 0 bridgehead atoms. The molecule has 0 radical (unpaired) electrons. The monoisotopic (exact) mass is 370 g/mol. The van der Waals surface area contributed by atoms with Gasteiger partial charge in [-0.1, -0.05) is 36.4 Å². The molecule has 1 aromatic heterocycles. The van der Waals surface area contributed by atoms with Crippen LogP contribution in [0.25, 0.3) is 33.2 Å². The minimum Gasteiger partial charge on any atom is -0.378 e. The summed E-state index contributed by atoms with van der Waals surface area (Å²) in [5.74, 6) is 0. The maximum atomic E-state index is 8.13. The number of pyridine rings is 1. The van der Waals surface area contributed by atoms with E-state index in [1.165, 1.54) is 0 Å². The summed E-state index contributed by atoms with van der Waals surface area (Å²) in [6, 6.07) is 22.7. The van der Waals surface area contributed by atoms with Crippen molar-refractivity contribution in [3.63, 3.8) is 0 Å². The van der Waals surface area contributed by atoms with Gasteiger partial charge in [0.05, 0.1) is 0 Å². The third kappa shape index (κ3) is 3.27.